The SMILES string of the molecule is COc1cc2c(cc1-c1ccc(-c3ccncc3)o1)c1cc(-c3ccc(-c4ccncc4)o3)c(OC)cc1n2-c1ccc(-c2ccncc2)o1. The second-order valence-electron chi connectivity index (χ2n) is 11.6. The lowest BCUT2D eigenvalue weighted by molar-refractivity contribution is 0.415. The van der Waals surface area contributed by atoms with E-state index in [9.17, 15) is 0 Å². The average molecular weight is 657 g/mol. The largest absolute Gasteiger partial charge is 0.496 e. The van der Waals surface area contributed by atoms with E-state index < -0.39 is 0 Å². The number of furan rings is 3. The van der Waals surface area contributed by atoms with Gasteiger partial charge in [0, 0.05) is 82.8 Å². The zero-order valence-electron chi connectivity index (χ0n) is 27.0. The molecule has 9 rings (SSSR count). The van der Waals surface area contributed by atoms with Gasteiger partial charge < -0.3 is 22.7 Å². The van der Waals surface area contributed by atoms with Gasteiger partial charge in [-0.1, -0.05) is 0 Å². The van der Waals surface area contributed by atoms with E-state index in [0.29, 0.717) is 28.9 Å². The van der Waals surface area contributed by atoms with Gasteiger partial charge in [0.15, 0.2) is 0 Å². The molecule has 0 atom stereocenters. The number of methoxy groups -OCH3 is 2. The Bertz CT molecular complexity index is 2480. The van der Waals surface area contributed by atoms with Crippen LogP contribution in [0.5, 0.6) is 11.5 Å². The van der Waals surface area contributed by atoms with Crippen molar-refractivity contribution in [3.05, 3.63) is 134 Å². The molecule has 0 unspecified atom stereocenters. The van der Waals surface area contributed by atoms with Gasteiger partial charge in [-0.3, -0.25) is 19.5 Å². The number of ether oxygens (including phenoxy) is 2. The Morgan fingerprint density at radius 3 is 1.24 bits per heavy atom. The summed E-state index contributed by atoms with van der Waals surface area (Å²) < 4.78 is 33.4. The van der Waals surface area contributed by atoms with Gasteiger partial charge in [-0.15, -0.1) is 0 Å². The third-order valence-corrected chi connectivity index (χ3v) is 8.86. The summed E-state index contributed by atoms with van der Waals surface area (Å²) in [6, 6.07) is 31.6. The number of benzene rings is 2. The lowest BCUT2D eigenvalue weighted by Gasteiger charge is -2.10. The molecule has 0 aliphatic heterocycles. The second kappa shape index (κ2) is 12.0. The van der Waals surface area contributed by atoms with Crippen molar-refractivity contribution in [1.82, 2.24) is 19.5 Å². The van der Waals surface area contributed by atoms with Gasteiger partial charge >= 0.3 is 0 Å². The van der Waals surface area contributed by atoms with E-state index in [1.54, 1.807) is 51.4 Å². The first-order valence-corrected chi connectivity index (χ1v) is 15.9. The fourth-order valence-electron chi connectivity index (χ4n) is 6.46. The Labute approximate surface area is 286 Å². The molecule has 9 nitrogen and oxygen atoms in total. The fraction of sp³-hybridized carbons (Fsp3) is 0.0488. The Kier molecular flexibility index (Phi) is 7.02. The molecule has 50 heavy (non-hydrogen) atoms. The summed E-state index contributed by atoms with van der Waals surface area (Å²) in [4.78, 5) is 12.4. The minimum Gasteiger partial charge on any atom is -0.496 e. The number of rotatable bonds is 8. The van der Waals surface area contributed by atoms with Crippen LogP contribution in [0.3, 0.4) is 0 Å². The maximum Gasteiger partial charge on any atom is 0.205 e. The predicted molar refractivity (Wildman–Crippen MR) is 191 cm³/mol. The van der Waals surface area contributed by atoms with Crippen molar-refractivity contribution < 1.29 is 22.7 Å². The lowest BCUT2D eigenvalue weighted by Crippen LogP contribution is -1.94. The maximum atomic E-state index is 6.52. The molecule has 0 saturated carbocycles. The molecule has 2 aromatic carbocycles. The van der Waals surface area contributed by atoms with Crippen LogP contribution in [0.15, 0.2) is 147 Å². The highest BCUT2D eigenvalue weighted by atomic mass is 16.5. The molecule has 0 spiro atoms. The summed E-state index contributed by atoms with van der Waals surface area (Å²) in [5, 5.41) is 1.92. The zero-order valence-corrected chi connectivity index (χ0v) is 27.0. The Hall–Kier alpha value is -6.87. The number of nitrogens with zero attached hydrogens (tertiary/aromatic N) is 4. The Morgan fingerprint density at radius 2 is 0.820 bits per heavy atom. The lowest BCUT2D eigenvalue weighted by atomic mass is 10.0. The summed E-state index contributed by atoms with van der Waals surface area (Å²) in [7, 11) is 3.33. The van der Waals surface area contributed by atoms with Crippen LogP contribution < -0.4 is 9.47 Å². The molecule has 242 valence electrons. The van der Waals surface area contributed by atoms with Crippen LogP contribution in [0, 0.1) is 0 Å². The van der Waals surface area contributed by atoms with Gasteiger partial charge in [-0.25, -0.2) is 0 Å². The fourth-order valence-corrected chi connectivity index (χ4v) is 6.46. The van der Waals surface area contributed by atoms with Crippen LogP contribution in [0.25, 0.3) is 84.3 Å². The van der Waals surface area contributed by atoms with E-state index in [-0.39, 0.29) is 0 Å². The zero-order chi connectivity index (χ0) is 33.6. The highest BCUT2D eigenvalue weighted by molar-refractivity contribution is 6.12. The minimum absolute atomic E-state index is 0.636. The third-order valence-electron chi connectivity index (χ3n) is 8.86. The average Bonchev–Trinajstić information content (AvgIpc) is 4.01. The Morgan fingerprint density at radius 1 is 0.440 bits per heavy atom. The van der Waals surface area contributed by atoms with Crippen molar-refractivity contribution in [2.45, 2.75) is 0 Å². The van der Waals surface area contributed by atoms with Gasteiger partial charge in [0.25, 0.3) is 0 Å². The molecule has 7 heterocycles. The molecule has 0 radical (unpaired) electrons. The van der Waals surface area contributed by atoms with E-state index >= 15 is 0 Å². The molecular formula is C41H28N4O5. The van der Waals surface area contributed by atoms with E-state index in [4.69, 9.17) is 22.7 Å². The first-order chi connectivity index (χ1) is 24.7. The second-order valence-corrected chi connectivity index (χ2v) is 11.6. The van der Waals surface area contributed by atoms with E-state index in [0.717, 1.165) is 66.9 Å². The van der Waals surface area contributed by atoms with Crippen LogP contribution >= 0.6 is 0 Å². The highest BCUT2D eigenvalue weighted by Gasteiger charge is 2.23. The van der Waals surface area contributed by atoms with Crippen LogP contribution in [0.1, 0.15) is 0 Å². The third kappa shape index (κ3) is 4.91. The van der Waals surface area contributed by atoms with Crippen LogP contribution in [0.4, 0.5) is 0 Å². The summed E-state index contributed by atoms with van der Waals surface area (Å²) in [6.45, 7) is 0. The van der Waals surface area contributed by atoms with Crippen molar-refractivity contribution in [2.24, 2.45) is 0 Å². The summed E-state index contributed by atoms with van der Waals surface area (Å²) >= 11 is 0. The molecule has 0 amide bonds. The summed E-state index contributed by atoms with van der Waals surface area (Å²) in [5.41, 5.74) is 6.19. The number of hydrogen-bond donors (Lipinski definition) is 0. The van der Waals surface area contributed by atoms with Crippen molar-refractivity contribution in [3.63, 3.8) is 0 Å². The minimum atomic E-state index is 0.636. The molecule has 9 aromatic rings. The normalized spacial score (nSPS) is 11.4. The molecule has 7 aromatic heterocycles. The standard InChI is InChI=1S/C41H28N4O5/c1-46-39-23-32-28(21-30(39)37-5-3-34(48-37)25-9-15-42-16-10-25)29-22-31(38-6-4-35(49-38)26-11-17-43-18-12-26)40(47-2)24-33(29)45(32)41-8-7-36(50-41)27-13-19-44-20-14-27/h3-24H,1-2H3. The monoisotopic (exact) mass is 656 g/mol. The van der Waals surface area contributed by atoms with Crippen LogP contribution in [0.2, 0.25) is 0 Å². The van der Waals surface area contributed by atoms with E-state index in [1.165, 1.54) is 0 Å². The van der Waals surface area contributed by atoms with Gasteiger partial charge in [0.2, 0.25) is 5.88 Å². The van der Waals surface area contributed by atoms with Crippen LogP contribution in [-0.4, -0.2) is 33.7 Å². The number of fused-ring (bicyclic) bond motifs is 3. The molecule has 0 saturated heterocycles. The molecule has 0 bridgehead atoms. The quantitative estimate of drug-likeness (QED) is 0.159. The first kappa shape index (κ1) is 29.3. The first-order valence-electron chi connectivity index (χ1n) is 15.9. The molecule has 9 heteroatoms. The van der Waals surface area contributed by atoms with Gasteiger partial charge in [-0.2, -0.15) is 0 Å². The number of hydrogen-bond acceptors (Lipinski definition) is 8. The summed E-state index contributed by atoms with van der Waals surface area (Å²) in [5.74, 6) is 5.49. The topological polar surface area (TPSA) is 101 Å². The maximum absolute atomic E-state index is 6.52. The summed E-state index contributed by atoms with van der Waals surface area (Å²) in [6.07, 6.45) is 10.5. The van der Waals surface area contributed by atoms with Gasteiger partial charge in [0.05, 0.1) is 36.4 Å². The number of aromatic nitrogens is 4. The van der Waals surface area contributed by atoms with Crippen molar-refractivity contribution in [1.29, 1.82) is 0 Å². The van der Waals surface area contributed by atoms with E-state index in [1.807, 2.05) is 84.9 Å². The predicted octanol–water partition coefficient (Wildman–Crippen LogP) is 10.1. The van der Waals surface area contributed by atoms with Crippen molar-refractivity contribution in [3.8, 4) is 74.0 Å². The number of pyridine rings is 3. The Balaban J connectivity index is 1.28. The van der Waals surface area contributed by atoms with Crippen LogP contribution in [-0.2, 0) is 0 Å². The highest BCUT2D eigenvalue weighted by Crippen LogP contribution is 2.45. The van der Waals surface area contributed by atoms with Crippen molar-refractivity contribution in [2.75, 3.05) is 14.2 Å². The smallest absolute Gasteiger partial charge is 0.205 e. The molecule has 0 aliphatic rings. The van der Waals surface area contributed by atoms with Gasteiger partial charge in [-0.05, 0) is 78.9 Å². The van der Waals surface area contributed by atoms with E-state index in [2.05, 4.69) is 31.7 Å². The molecule has 0 N–H and O–H groups in total. The van der Waals surface area contributed by atoms with Crippen molar-refractivity contribution >= 4 is 21.8 Å². The molecular weight excluding hydrogens is 628 g/mol. The van der Waals surface area contributed by atoms with Gasteiger partial charge in [0.1, 0.15) is 40.3 Å². The molecule has 0 fully saturated rings. The molecule has 0 aliphatic carbocycles.